The van der Waals surface area contributed by atoms with Gasteiger partial charge in [0.05, 0.1) is 7.11 Å². The smallest absolute Gasteiger partial charge is 0.260 e. The van der Waals surface area contributed by atoms with Crippen LogP contribution in [0.25, 0.3) is 6.08 Å². The first-order chi connectivity index (χ1) is 10.7. The minimum atomic E-state index is -0.0201. The van der Waals surface area contributed by atoms with Gasteiger partial charge >= 0.3 is 0 Å². The first-order valence-electron chi connectivity index (χ1n) is 7.55. The number of amides is 1. The van der Waals surface area contributed by atoms with E-state index in [1.54, 1.807) is 12.0 Å². The van der Waals surface area contributed by atoms with Gasteiger partial charge in [-0.05, 0) is 37.6 Å². The molecule has 1 aromatic carbocycles. The second-order valence-electron chi connectivity index (χ2n) is 5.35. The van der Waals surface area contributed by atoms with Gasteiger partial charge in [-0.2, -0.15) is 0 Å². The third kappa shape index (κ3) is 5.15. The van der Waals surface area contributed by atoms with Crippen LogP contribution in [0, 0.1) is 0 Å². The molecule has 1 N–H and O–H groups in total. The number of halogens is 1. The van der Waals surface area contributed by atoms with Crippen LogP contribution in [0.1, 0.15) is 18.9 Å². The largest absolute Gasteiger partial charge is 0.493 e. The maximum absolute atomic E-state index is 12.2. The maximum atomic E-state index is 12.2. The molecule has 0 radical (unpaired) electrons. The van der Waals surface area contributed by atoms with E-state index >= 15 is 0 Å². The van der Waals surface area contributed by atoms with Gasteiger partial charge in [0.2, 0.25) is 0 Å². The van der Waals surface area contributed by atoms with Crippen molar-refractivity contribution in [3.63, 3.8) is 0 Å². The zero-order valence-corrected chi connectivity index (χ0v) is 14.7. The summed E-state index contributed by atoms with van der Waals surface area (Å²) in [5.74, 6) is 1.20. The molecule has 1 amide bonds. The van der Waals surface area contributed by atoms with Crippen molar-refractivity contribution in [3.8, 4) is 11.5 Å². The minimum absolute atomic E-state index is 0. The number of methoxy groups -OCH3 is 1. The first kappa shape index (κ1) is 19.3. The lowest BCUT2D eigenvalue weighted by atomic mass is 10.2. The van der Waals surface area contributed by atoms with E-state index in [9.17, 15) is 4.79 Å². The van der Waals surface area contributed by atoms with E-state index in [0.717, 1.165) is 25.1 Å². The maximum Gasteiger partial charge on any atom is 0.260 e. The van der Waals surface area contributed by atoms with Gasteiger partial charge in [-0.3, -0.25) is 4.79 Å². The number of nitrogens with zero attached hydrogens (tertiary/aromatic N) is 1. The summed E-state index contributed by atoms with van der Waals surface area (Å²) in [6, 6.07) is 5.92. The average molecular weight is 341 g/mol. The highest BCUT2D eigenvalue weighted by molar-refractivity contribution is 5.85. The molecule has 0 spiro atoms. The molecule has 23 heavy (non-hydrogen) atoms. The van der Waals surface area contributed by atoms with Gasteiger partial charge in [-0.1, -0.05) is 18.2 Å². The summed E-state index contributed by atoms with van der Waals surface area (Å²) in [6.07, 6.45) is 4.94. The summed E-state index contributed by atoms with van der Waals surface area (Å²) in [6.45, 7) is 3.79. The van der Waals surface area contributed by atoms with Crippen molar-refractivity contribution in [2.24, 2.45) is 0 Å². The average Bonchev–Trinajstić information content (AvgIpc) is 3.07. The SMILES string of the molecule is C/C=C/c1ccc(OCC(=O)N(C)C2CCNC2)c(OC)c1.Cl. The molecule has 1 unspecified atom stereocenters. The molecule has 1 aromatic rings. The summed E-state index contributed by atoms with van der Waals surface area (Å²) in [4.78, 5) is 14.0. The van der Waals surface area contributed by atoms with Crippen molar-refractivity contribution in [1.29, 1.82) is 0 Å². The lowest BCUT2D eigenvalue weighted by Gasteiger charge is -2.24. The van der Waals surface area contributed by atoms with Crippen molar-refractivity contribution in [3.05, 3.63) is 29.8 Å². The number of rotatable bonds is 6. The fourth-order valence-electron chi connectivity index (χ4n) is 2.51. The molecule has 1 aliphatic heterocycles. The van der Waals surface area contributed by atoms with Crippen LogP contribution in [-0.4, -0.2) is 50.7 Å². The molecule has 1 fully saturated rings. The Kier molecular flexibility index (Phi) is 7.92. The van der Waals surface area contributed by atoms with Crippen LogP contribution in [0.15, 0.2) is 24.3 Å². The molecule has 2 rings (SSSR count). The minimum Gasteiger partial charge on any atom is -0.493 e. The highest BCUT2D eigenvalue weighted by atomic mass is 35.5. The van der Waals surface area contributed by atoms with Crippen molar-refractivity contribution in [2.75, 3.05) is 33.9 Å². The number of nitrogens with one attached hydrogen (secondary N) is 1. The molecule has 6 heteroatoms. The Morgan fingerprint density at radius 1 is 1.43 bits per heavy atom. The third-order valence-electron chi connectivity index (χ3n) is 3.87. The summed E-state index contributed by atoms with van der Waals surface area (Å²) in [7, 11) is 3.43. The second kappa shape index (κ2) is 9.43. The number of allylic oxidation sites excluding steroid dienone is 1. The Bertz CT molecular complexity index is 543. The zero-order chi connectivity index (χ0) is 15.9. The Morgan fingerprint density at radius 2 is 2.22 bits per heavy atom. The van der Waals surface area contributed by atoms with Crippen molar-refractivity contribution in [1.82, 2.24) is 10.2 Å². The molecule has 5 nitrogen and oxygen atoms in total. The quantitative estimate of drug-likeness (QED) is 0.863. The van der Waals surface area contributed by atoms with Gasteiger partial charge in [0.25, 0.3) is 5.91 Å². The summed E-state index contributed by atoms with van der Waals surface area (Å²) < 4.78 is 11.0. The standard InChI is InChI=1S/C17H24N2O3.ClH/c1-4-5-13-6-7-15(16(10-13)21-3)22-12-17(20)19(2)14-8-9-18-11-14;/h4-7,10,14,18H,8-9,11-12H2,1-3H3;1H/b5-4+;. The number of carbonyl (C=O) groups is 1. The van der Waals surface area contributed by atoms with E-state index in [2.05, 4.69) is 5.32 Å². The summed E-state index contributed by atoms with van der Waals surface area (Å²) in [5, 5.41) is 3.26. The van der Waals surface area contributed by atoms with Crippen molar-refractivity contribution in [2.45, 2.75) is 19.4 Å². The number of benzene rings is 1. The zero-order valence-electron chi connectivity index (χ0n) is 13.9. The lowest BCUT2D eigenvalue weighted by molar-refractivity contribution is -0.133. The van der Waals surface area contributed by atoms with Crippen LogP contribution in [0.4, 0.5) is 0 Å². The van der Waals surface area contributed by atoms with Crippen LogP contribution in [0.5, 0.6) is 11.5 Å². The second-order valence-corrected chi connectivity index (χ2v) is 5.35. The predicted octanol–water partition coefficient (Wildman–Crippen LogP) is 2.35. The number of ether oxygens (including phenoxy) is 2. The van der Waals surface area contributed by atoms with E-state index in [0.29, 0.717) is 11.5 Å². The molecular weight excluding hydrogens is 316 g/mol. The van der Waals surface area contributed by atoms with E-state index < -0.39 is 0 Å². The van der Waals surface area contributed by atoms with E-state index in [-0.39, 0.29) is 31.0 Å². The molecule has 0 aromatic heterocycles. The van der Waals surface area contributed by atoms with Crippen LogP contribution < -0.4 is 14.8 Å². The number of likely N-dealkylation sites (N-methyl/N-ethyl adjacent to an activating group) is 1. The van der Waals surface area contributed by atoms with Crippen molar-refractivity contribution >= 4 is 24.4 Å². The van der Waals surface area contributed by atoms with Crippen molar-refractivity contribution < 1.29 is 14.3 Å². The summed E-state index contributed by atoms with van der Waals surface area (Å²) in [5.41, 5.74) is 1.03. The summed E-state index contributed by atoms with van der Waals surface area (Å²) >= 11 is 0. The monoisotopic (exact) mass is 340 g/mol. The fraction of sp³-hybridized carbons (Fsp3) is 0.471. The topological polar surface area (TPSA) is 50.8 Å². The van der Waals surface area contributed by atoms with Crippen LogP contribution >= 0.6 is 12.4 Å². The van der Waals surface area contributed by atoms with E-state index in [1.807, 2.05) is 44.3 Å². The third-order valence-corrected chi connectivity index (χ3v) is 3.87. The molecule has 128 valence electrons. The molecule has 0 bridgehead atoms. The van der Waals surface area contributed by atoms with Gasteiger partial charge in [-0.15, -0.1) is 12.4 Å². The molecule has 0 saturated carbocycles. The first-order valence-corrected chi connectivity index (χ1v) is 7.55. The van der Waals surface area contributed by atoms with Gasteiger partial charge in [0.15, 0.2) is 18.1 Å². The molecule has 1 atom stereocenters. The normalized spacial score (nSPS) is 16.9. The van der Waals surface area contributed by atoms with Gasteiger partial charge in [0.1, 0.15) is 0 Å². The molecule has 1 saturated heterocycles. The molecule has 0 aliphatic carbocycles. The molecule has 1 heterocycles. The van der Waals surface area contributed by atoms with Gasteiger partial charge in [-0.25, -0.2) is 0 Å². The Balaban J connectivity index is 0.00000264. The number of carbonyl (C=O) groups excluding carboxylic acids is 1. The van der Waals surface area contributed by atoms with Crippen LogP contribution in [-0.2, 0) is 4.79 Å². The van der Waals surface area contributed by atoms with Crippen LogP contribution in [0.2, 0.25) is 0 Å². The number of hydrogen-bond acceptors (Lipinski definition) is 4. The Morgan fingerprint density at radius 3 is 2.83 bits per heavy atom. The Labute approximate surface area is 144 Å². The Hall–Kier alpha value is -1.72. The van der Waals surface area contributed by atoms with Gasteiger partial charge in [0, 0.05) is 19.6 Å². The van der Waals surface area contributed by atoms with E-state index in [1.165, 1.54) is 0 Å². The number of hydrogen-bond donors (Lipinski definition) is 1. The fourth-order valence-corrected chi connectivity index (χ4v) is 2.51. The van der Waals surface area contributed by atoms with Gasteiger partial charge < -0.3 is 19.7 Å². The lowest BCUT2D eigenvalue weighted by Crippen LogP contribution is -2.40. The predicted molar refractivity (Wildman–Crippen MR) is 94.5 cm³/mol. The van der Waals surface area contributed by atoms with E-state index in [4.69, 9.17) is 9.47 Å². The van der Waals surface area contributed by atoms with Crippen LogP contribution in [0.3, 0.4) is 0 Å². The molecule has 1 aliphatic rings. The highest BCUT2D eigenvalue weighted by Crippen LogP contribution is 2.28. The highest BCUT2D eigenvalue weighted by Gasteiger charge is 2.23. The molecular formula is C17H25ClN2O3.